The van der Waals surface area contributed by atoms with Crippen LogP contribution in [0.3, 0.4) is 0 Å². The Morgan fingerprint density at radius 3 is 2.45 bits per heavy atom. The minimum atomic E-state index is -0.865. The molecule has 2 aromatic heterocycles. The lowest BCUT2D eigenvalue weighted by molar-refractivity contribution is 0.516. The molecule has 4 aromatic rings. The van der Waals surface area contributed by atoms with Crippen LogP contribution in [0.25, 0.3) is 10.9 Å². The van der Waals surface area contributed by atoms with Crippen molar-refractivity contribution in [2.45, 2.75) is 19.4 Å². The molecule has 1 aliphatic rings. The Bertz CT molecular complexity index is 1200. The van der Waals surface area contributed by atoms with Gasteiger partial charge in [0.05, 0.1) is 18.4 Å². The molecule has 0 aliphatic carbocycles. The number of nitrogens with one attached hydrogen (secondary N) is 1. The minimum absolute atomic E-state index is 0.289. The first-order valence-electron chi connectivity index (χ1n) is 9.32. The zero-order valence-corrected chi connectivity index (χ0v) is 15.6. The van der Waals surface area contributed by atoms with Crippen molar-refractivity contribution in [3.63, 3.8) is 0 Å². The zero-order chi connectivity index (χ0) is 20.1. The average Bonchev–Trinajstić information content (AvgIpc) is 3.11. The second-order valence-electron chi connectivity index (χ2n) is 7.26. The molecule has 0 saturated heterocycles. The maximum absolute atomic E-state index is 14.6. The number of aromatic nitrogens is 3. The van der Waals surface area contributed by atoms with Gasteiger partial charge in [-0.2, -0.15) is 0 Å². The van der Waals surface area contributed by atoms with Gasteiger partial charge in [0.2, 0.25) is 5.95 Å². The van der Waals surface area contributed by atoms with E-state index in [1.807, 2.05) is 36.1 Å². The second kappa shape index (κ2) is 6.62. The zero-order valence-electron chi connectivity index (χ0n) is 15.6. The molecule has 2 aromatic carbocycles. The molecule has 1 unspecified atom stereocenters. The van der Waals surface area contributed by atoms with Crippen LogP contribution < -0.4 is 4.90 Å². The molecule has 7 heteroatoms. The van der Waals surface area contributed by atoms with Crippen molar-refractivity contribution in [1.82, 2.24) is 15.0 Å². The Labute approximate surface area is 165 Å². The number of rotatable bonds is 2. The van der Waals surface area contributed by atoms with Gasteiger partial charge >= 0.3 is 0 Å². The van der Waals surface area contributed by atoms with Crippen LogP contribution in [0.5, 0.6) is 0 Å². The number of H-pyrrole nitrogens is 1. The lowest BCUT2D eigenvalue weighted by atomic mass is 9.92. The van der Waals surface area contributed by atoms with Crippen LogP contribution in [0.1, 0.15) is 28.4 Å². The van der Waals surface area contributed by atoms with Gasteiger partial charge in [0.25, 0.3) is 0 Å². The van der Waals surface area contributed by atoms with E-state index in [9.17, 15) is 13.2 Å². The van der Waals surface area contributed by atoms with Crippen molar-refractivity contribution >= 4 is 16.9 Å². The van der Waals surface area contributed by atoms with E-state index in [1.54, 1.807) is 6.07 Å². The summed E-state index contributed by atoms with van der Waals surface area (Å²) in [4.78, 5) is 13.5. The number of fused-ring (bicyclic) bond motifs is 3. The third kappa shape index (κ3) is 2.85. The highest BCUT2D eigenvalue weighted by atomic mass is 19.2. The Morgan fingerprint density at radius 1 is 1.00 bits per heavy atom. The number of nitrogens with zero attached hydrogens (tertiary/aromatic N) is 3. The van der Waals surface area contributed by atoms with Gasteiger partial charge in [-0.15, -0.1) is 0 Å². The summed E-state index contributed by atoms with van der Waals surface area (Å²) in [5.41, 5.74) is 4.14. The van der Waals surface area contributed by atoms with Gasteiger partial charge < -0.3 is 9.88 Å². The molecule has 29 heavy (non-hydrogen) atoms. The van der Waals surface area contributed by atoms with Crippen molar-refractivity contribution in [2.24, 2.45) is 0 Å². The van der Waals surface area contributed by atoms with Crippen LogP contribution in [-0.4, -0.2) is 21.5 Å². The molecule has 146 valence electrons. The fraction of sp³-hybridized carbons (Fsp3) is 0.182. The van der Waals surface area contributed by atoms with E-state index in [-0.39, 0.29) is 11.4 Å². The molecule has 0 spiro atoms. The van der Waals surface area contributed by atoms with E-state index in [0.29, 0.717) is 24.4 Å². The molecule has 0 fully saturated rings. The monoisotopic (exact) mass is 394 g/mol. The van der Waals surface area contributed by atoms with Gasteiger partial charge in [-0.05, 0) is 36.6 Å². The largest absolute Gasteiger partial charge is 0.356 e. The summed E-state index contributed by atoms with van der Waals surface area (Å²) in [6, 6.07) is 10.3. The average molecular weight is 394 g/mol. The number of hydrogen-bond donors (Lipinski definition) is 1. The molecule has 0 bridgehead atoms. The molecule has 5 rings (SSSR count). The Morgan fingerprint density at radius 2 is 1.72 bits per heavy atom. The number of benzene rings is 2. The number of hydrogen-bond acceptors (Lipinski definition) is 3. The molecule has 0 saturated carbocycles. The Kier molecular flexibility index (Phi) is 4.04. The summed E-state index contributed by atoms with van der Waals surface area (Å²) in [5, 5.41) is 0.289. The summed E-state index contributed by atoms with van der Waals surface area (Å²) in [7, 11) is 0. The van der Waals surface area contributed by atoms with Crippen LogP contribution in [0.2, 0.25) is 0 Å². The minimum Gasteiger partial charge on any atom is -0.356 e. The first-order valence-corrected chi connectivity index (χ1v) is 9.32. The van der Waals surface area contributed by atoms with E-state index >= 15 is 0 Å². The molecule has 4 nitrogen and oxygen atoms in total. The molecule has 0 radical (unpaired) electrons. The maximum Gasteiger partial charge on any atom is 0.226 e. The van der Waals surface area contributed by atoms with Crippen LogP contribution in [0.15, 0.2) is 48.8 Å². The Balaban J connectivity index is 1.73. The molecular formula is C22H17F3N4. The third-order valence-electron chi connectivity index (χ3n) is 5.44. The molecule has 1 N–H and O–H groups in total. The first kappa shape index (κ1) is 17.7. The molecule has 3 heterocycles. The van der Waals surface area contributed by atoms with Gasteiger partial charge in [0.1, 0.15) is 0 Å². The summed E-state index contributed by atoms with van der Waals surface area (Å²) < 4.78 is 41.8. The topological polar surface area (TPSA) is 44.8 Å². The highest BCUT2D eigenvalue weighted by molar-refractivity contribution is 5.86. The third-order valence-corrected chi connectivity index (χ3v) is 5.44. The number of aryl methyl sites for hydroxylation is 1. The van der Waals surface area contributed by atoms with Crippen molar-refractivity contribution in [3.8, 4) is 0 Å². The fourth-order valence-corrected chi connectivity index (χ4v) is 4.08. The molecule has 1 atom stereocenters. The van der Waals surface area contributed by atoms with Gasteiger partial charge in [-0.1, -0.05) is 29.8 Å². The lowest BCUT2D eigenvalue weighted by Crippen LogP contribution is -2.37. The smallest absolute Gasteiger partial charge is 0.226 e. The number of halogens is 3. The van der Waals surface area contributed by atoms with Gasteiger partial charge in [-0.3, -0.25) is 0 Å². The molecular weight excluding hydrogens is 377 g/mol. The molecule has 0 amide bonds. The highest BCUT2D eigenvalue weighted by Crippen LogP contribution is 2.40. The van der Waals surface area contributed by atoms with Gasteiger partial charge in [-0.25, -0.2) is 23.1 Å². The van der Waals surface area contributed by atoms with Crippen LogP contribution in [0, 0.1) is 24.4 Å². The highest BCUT2D eigenvalue weighted by Gasteiger charge is 2.34. The maximum atomic E-state index is 14.6. The van der Waals surface area contributed by atoms with E-state index in [2.05, 4.69) is 15.0 Å². The van der Waals surface area contributed by atoms with Crippen molar-refractivity contribution in [3.05, 3.63) is 88.6 Å². The van der Waals surface area contributed by atoms with Crippen LogP contribution in [0.4, 0.5) is 19.1 Å². The predicted octanol–water partition coefficient (Wildman–Crippen LogP) is 4.84. The van der Waals surface area contributed by atoms with E-state index in [4.69, 9.17) is 0 Å². The second-order valence-corrected chi connectivity index (χ2v) is 7.26. The van der Waals surface area contributed by atoms with Crippen molar-refractivity contribution in [2.75, 3.05) is 11.4 Å². The van der Waals surface area contributed by atoms with Crippen LogP contribution >= 0.6 is 0 Å². The van der Waals surface area contributed by atoms with Crippen LogP contribution in [-0.2, 0) is 6.42 Å². The quantitative estimate of drug-likeness (QED) is 0.529. The van der Waals surface area contributed by atoms with Gasteiger partial charge in [0, 0.05) is 23.1 Å². The predicted molar refractivity (Wildman–Crippen MR) is 104 cm³/mol. The lowest BCUT2D eigenvalue weighted by Gasteiger charge is -2.36. The van der Waals surface area contributed by atoms with Crippen molar-refractivity contribution in [1.29, 1.82) is 0 Å². The van der Waals surface area contributed by atoms with Gasteiger partial charge in [0.15, 0.2) is 17.5 Å². The summed E-state index contributed by atoms with van der Waals surface area (Å²) in [6.45, 7) is 2.48. The normalized spacial score (nSPS) is 16.3. The van der Waals surface area contributed by atoms with E-state index < -0.39 is 17.5 Å². The van der Waals surface area contributed by atoms with Crippen molar-refractivity contribution < 1.29 is 13.2 Å². The summed E-state index contributed by atoms with van der Waals surface area (Å²) in [5.74, 6) is -1.83. The number of aromatic amines is 1. The summed E-state index contributed by atoms with van der Waals surface area (Å²) in [6.07, 6.45) is 2.74. The van der Waals surface area contributed by atoms with E-state index in [0.717, 1.165) is 40.8 Å². The fourth-order valence-electron chi connectivity index (χ4n) is 4.08. The summed E-state index contributed by atoms with van der Waals surface area (Å²) >= 11 is 0. The standard InChI is InChI=1S/C22H17F3N4/c1-12-2-4-13(5-3-12)21-20-15(18-17(28-20)7-6-16(24)19(18)25)8-9-29(21)22-26-10-14(23)11-27-22/h2-7,10-11,21,28H,8-9H2,1H3. The first-order chi connectivity index (χ1) is 14.0. The number of anilines is 1. The Hall–Kier alpha value is -3.35. The molecule has 1 aliphatic heterocycles. The van der Waals surface area contributed by atoms with E-state index in [1.165, 1.54) is 0 Å². The SMILES string of the molecule is Cc1ccc(C2c3[nH]c4ccc(F)c(F)c4c3CCN2c2ncc(F)cn2)cc1.